The molecule has 0 aliphatic heterocycles. The molecule has 4 aliphatic carbocycles. The molecule has 0 aromatic heterocycles. The third kappa shape index (κ3) is 4.61. The van der Waals surface area contributed by atoms with Crippen LogP contribution < -0.4 is 0 Å². The lowest BCUT2D eigenvalue weighted by Crippen LogP contribution is -2.52. The fourth-order valence-electron chi connectivity index (χ4n) is 7.56. The number of ketones is 1. The van der Waals surface area contributed by atoms with E-state index in [0.717, 1.165) is 62.3 Å². The molecule has 2 saturated carbocycles. The quantitative estimate of drug-likeness (QED) is 0.199. The predicted molar refractivity (Wildman–Crippen MR) is 143 cm³/mol. The first kappa shape index (κ1) is 23.1. The number of hydrogen-bond donors (Lipinski definition) is 0. The van der Waals surface area contributed by atoms with Gasteiger partial charge < -0.3 is 13.2 Å². The first-order valence-electron chi connectivity index (χ1n) is 13.6. The minimum Gasteiger partial charge on any atom is -0.324 e. The summed E-state index contributed by atoms with van der Waals surface area (Å²) in [6.45, 7) is 8.91. The van der Waals surface area contributed by atoms with Gasteiger partial charge in [0.05, 0.1) is 12.2 Å². The molecule has 3 nitrogen and oxygen atoms in total. The topological polar surface area (TPSA) is 35.5 Å². The molecule has 0 aromatic rings. The van der Waals surface area contributed by atoms with Crippen LogP contribution in [0.3, 0.4) is 0 Å². The second kappa shape index (κ2) is 10.3. The Morgan fingerprint density at radius 1 is 1.27 bits per heavy atom. The van der Waals surface area contributed by atoms with Crippen molar-refractivity contribution in [3.05, 3.63) is 34.9 Å². The molecule has 0 bridgehead atoms. The second-order valence-corrected chi connectivity index (χ2v) is 11.8. The van der Waals surface area contributed by atoms with Crippen LogP contribution in [0.4, 0.5) is 0 Å². The van der Waals surface area contributed by atoms with Crippen LogP contribution in [0.1, 0.15) is 79.1 Å². The predicted octanol–water partition coefficient (Wildman–Crippen LogP) is 6.11. The fraction of sp³-hybridized carbons (Fsp3) is 0.731. The van der Waals surface area contributed by atoms with Crippen molar-refractivity contribution < 1.29 is 13.2 Å². The van der Waals surface area contributed by atoms with Crippen molar-refractivity contribution in [2.24, 2.45) is 28.6 Å². The van der Waals surface area contributed by atoms with Crippen LogP contribution in [0.2, 0.25) is 0 Å². The maximum atomic E-state index is 11.4. The van der Waals surface area contributed by atoms with Crippen molar-refractivity contribution in [1.82, 2.24) is 0 Å². The number of fused-ring (bicyclic) bond motifs is 5. The summed E-state index contributed by atoms with van der Waals surface area (Å²) in [6.07, 6.45) is 15.1. The number of carbonyl (C=O) groups is 1. The van der Waals surface area contributed by atoms with Crippen molar-refractivity contribution in [1.29, 1.82) is 2.67 Å². The molecule has 0 spiro atoms. The van der Waals surface area contributed by atoms with Gasteiger partial charge in [-0.25, -0.2) is 0 Å². The van der Waals surface area contributed by atoms with Crippen LogP contribution in [-0.4, -0.2) is 34.8 Å². The highest BCUT2D eigenvalue weighted by Gasteiger charge is 2.57. The van der Waals surface area contributed by atoms with E-state index in [1.54, 1.807) is 18.1 Å². The van der Waals surface area contributed by atoms with Gasteiger partial charge in [0, 0.05) is 18.3 Å². The van der Waals surface area contributed by atoms with Crippen LogP contribution in [0.25, 0.3) is 0 Å². The number of hydrogen-bond acceptors (Lipinski definition) is 5. The van der Waals surface area contributed by atoms with E-state index in [4.69, 9.17) is 11.0 Å². The Hall–Kier alpha value is -0.360. The van der Waals surface area contributed by atoms with Gasteiger partial charge in [-0.05, 0) is 71.3 Å². The Morgan fingerprint density at radius 2 is 2.06 bits per heavy atom. The molecule has 33 heavy (non-hydrogen) atoms. The maximum absolute atomic E-state index is 11.4. The summed E-state index contributed by atoms with van der Waals surface area (Å²) in [5.41, 5.74) is 4.66. The molecule has 2 fully saturated rings. The van der Waals surface area contributed by atoms with E-state index >= 15 is 0 Å². The molecule has 0 heterocycles. The van der Waals surface area contributed by atoms with Gasteiger partial charge in [-0.2, -0.15) is 0 Å². The lowest BCUT2D eigenvalue weighted by atomic mass is 9.49. The summed E-state index contributed by atoms with van der Waals surface area (Å²) in [5, 5.41) is 0. The Balaban J connectivity index is 1.57. The Kier molecular flexibility index (Phi) is 7.22. The molecular formula is C26H38B2O3S2. The van der Waals surface area contributed by atoms with Gasteiger partial charge in [-0.15, -0.1) is 0 Å². The zero-order valence-electron chi connectivity index (χ0n) is 22.5. The maximum Gasteiger partial charge on any atom is 0.209 e. The third-order valence-electron chi connectivity index (χ3n) is 9.31. The Morgan fingerprint density at radius 3 is 2.82 bits per heavy atom. The van der Waals surface area contributed by atoms with Crippen LogP contribution >= 0.6 is 23.8 Å². The van der Waals surface area contributed by atoms with E-state index in [1.165, 1.54) is 26.2 Å². The highest BCUT2D eigenvalue weighted by Crippen LogP contribution is 2.65. The number of carbonyl (C=O) groups excluding carboxylic acids is 1. The van der Waals surface area contributed by atoms with Crippen LogP contribution in [0.5, 0.6) is 0 Å². The standard InChI is InChI=1S/C26H38B2O3S2/c1-16(6-5-7-17(2)29)21-10-11-22-20-9-8-18-14-19(30-32-27)15-24(31-33-28)26(18,4)23(20)12-13-25(21,22)3/h8-10,16,19,22-24,27-28H,5-7,11-15H2,1-4H3/t16-,19-,22?,23?,24+,25-,26+/m1/s1/i27T,28T. The lowest BCUT2D eigenvalue weighted by molar-refractivity contribution is -0.117. The van der Waals surface area contributed by atoms with Crippen LogP contribution in [0, 0.1) is 28.6 Å². The molecule has 178 valence electrons. The van der Waals surface area contributed by atoms with Gasteiger partial charge in [-0.3, -0.25) is 0 Å². The van der Waals surface area contributed by atoms with Gasteiger partial charge in [0.25, 0.3) is 0 Å². The number of allylic oxidation sites excluding steroid dienone is 5. The fourth-order valence-corrected chi connectivity index (χ4v) is 8.28. The summed E-state index contributed by atoms with van der Waals surface area (Å²) >= 11 is 2.21. The Labute approximate surface area is 214 Å². The SMILES string of the molecule is [3H][B]SO[C@@H]1CC2=CC=C3C(CC[C@]4(C)C([C@H](C)CCCC(C)=O)=CCC34)[C@@]2(C)[C@@H](OS[B][3H])C1. The van der Waals surface area contributed by atoms with Gasteiger partial charge in [0.15, 0.2) is 0 Å². The van der Waals surface area contributed by atoms with Gasteiger partial charge in [0.2, 0.25) is 14.2 Å². The van der Waals surface area contributed by atoms with Gasteiger partial charge in [-0.1, -0.05) is 79.5 Å². The molecule has 0 amide bonds. The summed E-state index contributed by atoms with van der Waals surface area (Å²) in [6, 6.07) is 0. The van der Waals surface area contributed by atoms with Crippen molar-refractivity contribution in [3.63, 3.8) is 0 Å². The first-order valence-corrected chi connectivity index (χ1v) is 14.0. The minimum absolute atomic E-state index is 0.0108. The van der Waals surface area contributed by atoms with Crippen molar-refractivity contribution >= 4 is 43.7 Å². The van der Waals surface area contributed by atoms with Crippen molar-refractivity contribution in [3.8, 4) is 0 Å². The zero-order valence-corrected chi connectivity index (χ0v) is 22.1. The highest BCUT2D eigenvalue weighted by atomic mass is 32.2. The summed E-state index contributed by atoms with van der Waals surface area (Å²) < 4.78 is 27.0. The summed E-state index contributed by atoms with van der Waals surface area (Å²) in [5.74, 6) is 1.78. The summed E-state index contributed by atoms with van der Waals surface area (Å²) in [7, 11) is 2.50. The highest BCUT2D eigenvalue weighted by molar-refractivity contribution is 8.16. The minimum atomic E-state index is -0.105. The first-order chi connectivity index (χ1) is 16.8. The van der Waals surface area contributed by atoms with E-state index in [9.17, 15) is 4.79 Å². The molecule has 2 radical (unpaired) electrons. The molecule has 0 aromatic carbocycles. The van der Waals surface area contributed by atoms with E-state index in [-0.39, 0.29) is 23.0 Å². The number of rotatable bonds is 11. The van der Waals surface area contributed by atoms with Crippen LogP contribution in [-0.2, 0) is 13.2 Å². The molecule has 7 heteroatoms. The van der Waals surface area contributed by atoms with Gasteiger partial charge >= 0.3 is 0 Å². The van der Waals surface area contributed by atoms with E-state index in [1.807, 2.05) is 0 Å². The molecule has 4 rings (SSSR count). The molecule has 0 N–H and O–H groups in total. The van der Waals surface area contributed by atoms with E-state index < -0.39 is 0 Å². The van der Waals surface area contributed by atoms with E-state index in [2.05, 4.69) is 39.0 Å². The van der Waals surface area contributed by atoms with Gasteiger partial charge in [0.1, 0.15) is 5.78 Å². The largest absolute Gasteiger partial charge is 0.324 e. The second-order valence-electron chi connectivity index (χ2n) is 11.0. The third-order valence-corrected chi connectivity index (χ3v) is 10.0. The molecular weight excluding hydrogens is 446 g/mol. The van der Waals surface area contributed by atoms with Crippen molar-refractivity contribution in [2.45, 2.75) is 91.3 Å². The molecule has 0 saturated heterocycles. The molecule has 7 atom stereocenters. The zero-order chi connectivity index (χ0) is 25.2. The lowest BCUT2D eigenvalue weighted by Gasteiger charge is -2.57. The van der Waals surface area contributed by atoms with Crippen LogP contribution in [0.15, 0.2) is 34.9 Å². The average molecular weight is 488 g/mol. The molecule has 2 unspecified atom stereocenters. The average Bonchev–Trinajstić information content (AvgIpc) is 3.18. The van der Waals surface area contributed by atoms with Crippen molar-refractivity contribution in [2.75, 3.05) is 0 Å². The monoisotopic (exact) mass is 488 g/mol. The normalized spacial score (nSPS) is 39.0. The summed E-state index contributed by atoms with van der Waals surface area (Å²) in [4.78, 5) is 11.4. The smallest absolute Gasteiger partial charge is 0.209 e. The Bertz CT molecular complexity index is 898. The molecule has 4 aliphatic rings. The number of Topliss-reactive ketones (excluding diaryl/α,β-unsaturated/α-hetero) is 1. The van der Waals surface area contributed by atoms with E-state index in [0.29, 0.717) is 30.0 Å².